The minimum absolute atomic E-state index is 0.0459. The summed E-state index contributed by atoms with van der Waals surface area (Å²) in [6.45, 7) is 5.45. The van der Waals surface area contributed by atoms with Gasteiger partial charge in [0.05, 0.1) is 16.8 Å². The summed E-state index contributed by atoms with van der Waals surface area (Å²) in [5, 5.41) is 1.24. The topological polar surface area (TPSA) is 45.7 Å². The molecule has 0 aliphatic heterocycles. The van der Waals surface area contributed by atoms with Crippen molar-refractivity contribution in [2.45, 2.75) is 20.3 Å². The van der Waals surface area contributed by atoms with Crippen molar-refractivity contribution in [3.8, 4) is 5.75 Å². The van der Waals surface area contributed by atoms with E-state index in [0.29, 0.717) is 33.5 Å². The minimum Gasteiger partial charge on any atom is -0.494 e. The van der Waals surface area contributed by atoms with Gasteiger partial charge in [-0.1, -0.05) is 40.6 Å². The summed E-state index contributed by atoms with van der Waals surface area (Å²) in [4.78, 5) is 22.1. The van der Waals surface area contributed by atoms with E-state index in [4.69, 9.17) is 21.3 Å². The van der Waals surface area contributed by atoms with Crippen molar-refractivity contribution in [1.82, 2.24) is 9.88 Å². The van der Waals surface area contributed by atoms with E-state index in [-0.39, 0.29) is 5.91 Å². The molecule has 1 amide bonds. The Kier molecular flexibility index (Phi) is 6.77. The van der Waals surface area contributed by atoms with Crippen LogP contribution in [0.15, 0.2) is 30.3 Å². The number of carbonyl (C=O) groups excluding carboxylic acids is 1. The predicted molar refractivity (Wildman–Crippen MR) is 122 cm³/mol. The summed E-state index contributed by atoms with van der Waals surface area (Å²) < 4.78 is 6.27. The molecule has 0 aliphatic carbocycles. The standard InChI is InChI=1S/C22H26ClN3O2S/c1-14-7-8-16(15(2)13-14)21(27)26(12-6-11-25(3)4)22-24-19-18(28-5)10-9-17(23)20(19)29-22/h7-10,13H,6,11-12H2,1-5H3. The smallest absolute Gasteiger partial charge is 0.260 e. The number of ether oxygens (including phenoxy) is 1. The van der Waals surface area contributed by atoms with Crippen molar-refractivity contribution in [2.24, 2.45) is 0 Å². The first-order valence-electron chi connectivity index (χ1n) is 9.48. The van der Waals surface area contributed by atoms with Gasteiger partial charge in [0, 0.05) is 12.1 Å². The Morgan fingerprint density at radius 3 is 2.59 bits per heavy atom. The van der Waals surface area contributed by atoms with Crippen LogP contribution in [0.25, 0.3) is 10.2 Å². The molecule has 0 saturated carbocycles. The van der Waals surface area contributed by atoms with Crippen LogP contribution in [-0.4, -0.2) is 50.1 Å². The van der Waals surface area contributed by atoms with Gasteiger partial charge in [-0.05, 0) is 64.7 Å². The number of carbonyl (C=O) groups is 1. The van der Waals surface area contributed by atoms with Crippen LogP contribution in [0.3, 0.4) is 0 Å². The van der Waals surface area contributed by atoms with Crippen LogP contribution in [0.1, 0.15) is 27.9 Å². The lowest BCUT2D eigenvalue weighted by atomic mass is 10.0. The van der Waals surface area contributed by atoms with Crippen molar-refractivity contribution in [1.29, 1.82) is 0 Å². The Labute approximate surface area is 180 Å². The monoisotopic (exact) mass is 431 g/mol. The highest BCUT2D eigenvalue weighted by Crippen LogP contribution is 2.39. The van der Waals surface area contributed by atoms with E-state index in [1.807, 2.05) is 46.1 Å². The second-order valence-electron chi connectivity index (χ2n) is 7.36. The lowest BCUT2D eigenvalue weighted by Crippen LogP contribution is -2.33. The van der Waals surface area contributed by atoms with E-state index < -0.39 is 0 Å². The van der Waals surface area contributed by atoms with Crippen LogP contribution in [0.5, 0.6) is 5.75 Å². The summed E-state index contributed by atoms with van der Waals surface area (Å²) >= 11 is 7.81. The van der Waals surface area contributed by atoms with Crippen LogP contribution >= 0.6 is 22.9 Å². The molecule has 1 aromatic heterocycles. The quantitative estimate of drug-likeness (QED) is 0.517. The summed E-state index contributed by atoms with van der Waals surface area (Å²) in [6.07, 6.45) is 0.838. The first kappa shape index (κ1) is 21.6. The highest BCUT2D eigenvalue weighted by Gasteiger charge is 2.24. The molecule has 0 saturated heterocycles. The molecule has 0 unspecified atom stereocenters. The van der Waals surface area contributed by atoms with Gasteiger partial charge < -0.3 is 9.64 Å². The maximum absolute atomic E-state index is 13.5. The fourth-order valence-electron chi connectivity index (χ4n) is 3.25. The molecule has 2 aromatic carbocycles. The van der Waals surface area contributed by atoms with Gasteiger partial charge in [0.25, 0.3) is 5.91 Å². The molecule has 0 N–H and O–H groups in total. The molecule has 7 heteroatoms. The molecule has 3 aromatic rings. The van der Waals surface area contributed by atoms with Gasteiger partial charge in [-0.2, -0.15) is 0 Å². The molecule has 1 heterocycles. The maximum atomic E-state index is 13.5. The number of hydrogen-bond acceptors (Lipinski definition) is 5. The Morgan fingerprint density at radius 2 is 1.93 bits per heavy atom. The third-order valence-corrected chi connectivity index (χ3v) is 6.28. The number of hydrogen-bond donors (Lipinski definition) is 0. The number of thiazole rings is 1. The summed E-state index contributed by atoms with van der Waals surface area (Å²) in [7, 11) is 5.66. The number of aromatic nitrogens is 1. The second-order valence-corrected chi connectivity index (χ2v) is 8.74. The van der Waals surface area contributed by atoms with Crippen molar-refractivity contribution in [2.75, 3.05) is 39.2 Å². The van der Waals surface area contributed by atoms with E-state index in [1.165, 1.54) is 11.3 Å². The zero-order chi connectivity index (χ0) is 21.1. The number of methoxy groups -OCH3 is 1. The second kappa shape index (κ2) is 9.11. The number of fused-ring (bicyclic) bond motifs is 1. The van der Waals surface area contributed by atoms with Gasteiger partial charge >= 0.3 is 0 Å². The SMILES string of the molecule is COc1ccc(Cl)c2sc(N(CCCN(C)C)C(=O)c3ccc(C)cc3C)nc12. The van der Waals surface area contributed by atoms with Crippen LogP contribution in [0.2, 0.25) is 5.02 Å². The first-order valence-corrected chi connectivity index (χ1v) is 10.7. The third-order valence-electron chi connectivity index (χ3n) is 4.74. The average molecular weight is 432 g/mol. The van der Waals surface area contributed by atoms with Crippen molar-refractivity contribution >= 4 is 44.2 Å². The van der Waals surface area contributed by atoms with Gasteiger partial charge in [0.1, 0.15) is 11.3 Å². The Bertz CT molecular complexity index is 1030. The fraction of sp³-hybridized carbons (Fsp3) is 0.364. The zero-order valence-electron chi connectivity index (χ0n) is 17.5. The van der Waals surface area contributed by atoms with Gasteiger partial charge in [0.2, 0.25) is 0 Å². The number of benzene rings is 2. The molecule has 29 heavy (non-hydrogen) atoms. The molecular formula is C22H26ClN3O2S. The molecule has 0 atom stereocenters. The van der Waals surface area contributed by atoms with Crippen molar-refractivity contribution in [3.63, 3.8) is 0 Å². The number of halogens is 1. The molecule has 3 rings (SSSR count). The lowest BCUT2D eigenvalue weighted by Gasteiger charge is -2.22. The molecule has 154 valence electrons. The van der Waals surface area contributed by atoms with E-state index in [2.05, 4.69) is 4.90 Å². The lowest BCUT2D eigenvalue weighted by molar-refractivity contribution is 0.0985. The summed E-state index contributed by atoms with van der Waals surface area (Å²) in [5.74, 6) is 0.606. The average Bonchev–Trinajstić information content (AvgIpc) is 3.11. The fourth-order valence-corrected chi connectivity index (χ4v) is 4.53. The molecule has 0 fully saturated rings. The Balaban J connectivity index is 2.04. The Morgan fingerprint density at radius 1 is 1.17 bits per heavy atom. The van der Waals surface area contributed by atoms with E-state index in [9.17, 15) is 4.79 Å². The number of amides is 1. The number of rotatable bonds is 7. The highest BCUT2D eigenvalue weighted by atomic mass is 35.5. The first-order chi connectivity index (χ1) is 13.8. The predicted octanol–water partition coefficient (Wildman–Crippen LogP) is 5.17. The Hall–Kier alpha value is -2.15. The normalized spacial score (nSPS) is 11.3. The number of aryl methyl sites for hydroxylation is 2. The minimum atomic E-state index is -0.0459. The van der Waals surface area contributed by atoms with E-state index in [1.54, 1.807) is 24.1 Å². The van der Waals surface area contributed by atoms with Crippen molar-refractivity contribution in [3.05, 3.63) is 52.0 Å². The molecule has 0 bridgehead atoms. The van der Waals surface area contributed by atoms with E-state index >= 15 is 0 Å². The van der Waals surface area contributed by atoms with Crippen LogP contribution < -0.4 is 9.64 Å². The largest absolute Gasteiger partial charge is 0.494 e. The molecule has 0 spiro atoms. The molecular weight excluding hydrogens is 406 g/mol. The zero-order valence-corrected chi connectivity index (χ0v) is 19.0. The van der Waals surface area contributed by atoms with Crippen molar-refractivity contribution < 1.29 is 9.53 Å². The number of nitrogens with zero attached hydrogens (tertiary/aromatic N) is 3. The van der Waals surface area contributed by atoms with Gasteiger partial charge in [-0.3, -0.25) is 9.69 Å². The highest BCUT2D eigenvalue weighted by molar-refractivity contribution is 7.23. The number of anilines is 1. The van der Waals surface area contributed by atoms with Gasteiger partial charge in [-0.25, -0.2) is 4.98 Å². The molecule has 0 radical (unpaired) electrons. The van der Waals surface area contributed by atoms with E-state index in [0.717, 1.165) is 28.8 Å². The van der Waals surface area contributed by atoms with Crippen LogP contribution in [-0.2, 0) is 0 Å². The maximum Gasteiger partial charge on any atom is 0.260 e. The van der Waals surface area contributed by atoms with Gasteiger partial charge in [0.15, 0.2) is 5.13 Å². The molecule has 0 aliphatic rings. The van der Waals surface area contributed by atoms with Crippen LogP contribution in [0.4, 0.5) is 5.13 Å². The van der Waals surface area contributed by atoms with Gasteiger partial charge in [-0.15, -0.1) is 0 Å². The molecule has 5 nitrogen and oxygen atoms in total. The third kappa shape index (κ3) is 4.71. The van der Waals surface area contributed by atoms with Crippen LogP contribution in [0, 0.1) is 13.8 Å². The summed E-state index contributed by atoms with van der Waals surface area (Å²) in [5.41, 5.74) is 3.47. The summed E-state index contributed by atoms with van der Waals surface area (Å²) in [6, 6.07) is 9.50.